The SMILES string of the molecule is Cc1cc(C)c(NC(=O)C2CCN(c3ncnc4oc(C)c(C)c34)CC2)c(C)c1. The van der Waals surface area contributed by atoms with Crippen molar-refractivity contribution in [1.82, 2.24) is 9.97 Å². The van der Waals surface area contributed by atoms with Crippen molar-refractivity contribution in [2.45, 2.75) is 47.5 Å². The van der Waals surface area contributed by atoms with Gasteiger partial charge in [-0.15, -0.1) is 0 Å². The number of hydrogen-bond acceptors (Lipinski definition) is 5. The molecule has 1 amide bonds. The first-order chi connectivity index (χ1) is 13.8. The molecular formula is C23H28N4O2. The Morgan fingerprint density at radius 1 is 1.07 bits per heavy atom. The lowest BCUT2D eigenvalue weighted by molar-refractivity contribution is -0.120. The Bertz CT molecular complexity index is 1050. The highest BCUT2D eigenvalue weighted by molar-refractivity contribution is 5.94. The molecule has 0 radical (unpaired) electrons. The summed E-state index contributed by atoms with van der Waals surface area (Å²) in [7, 11) is 0. The highest BCUT2D eigenvalue weighted by Gasteiger charge is 2.28. The van der Waals surface area contributed by atoms with E-state index in [4.69, 9.17) is 4.42 Å². The third-order valence-electron chi connectivity index (χ3n) is 6.04. The molecule has 0 aliphatic carbocycles. The number of aryl methyl sites for hydroxylation is 5. The predicted molar refractivity (Wildman–Crippen MR) is 115 cm³/mol. The van der Waals surface area contributed by atoms with E-state index in [0.717, 1.165) is 65.3 Å². The molecule has 0 spiro atoms. The number of anilines is 2. The molecule has 2 aromatic heterocycles. The predicted octanol–water partition coefficient (Wildman–Crippen LogP) is 4.62. The van der Waals surface area contributed by atoms with Crippen LogP contribution in [0.15, 0.2) is 22.9 Å². The van der Waals surface area contributed by atoms with Crippen molar-refractivity contribution in [3.05, 3.63) is 46.5 Å². The van der Waals surface area contributed by atoms with Crippen LogP contribution in [0.4, 0.5) is 11.5 Å². The molecule has 0 atom stereocenters. The fourth-order valence-electron chi connectivity index (χ4n) is 4.36. The minimum Gasteiger partial charge on any atom is -0.443 e. The van der Waals surface area contributed by atoms with Crippen molar-refractivity contribution in [1.29, 1.82) is 0 Å². The lowest BCUT2D eigenvalue weighted by Crippen LogP contribution is -2.38. The molecule has 1 aliphatic rings. The molecule has 6 nitrogen and oxygen atoms in total. The van der Waals surface area contributed by atoms with Crippen LogP contribution in [0.25, 0.3) is 11.1 Å². The Morgan fingerprint density at radius 3 is 2.38 bits per heavy atom. The molecule has 1 saturated heterocycles. The number of furan rings is 1. The average molecular weight is 393 g/mol. The zero-order valence-corrected chi connectivity index (χ0v) is 17.8. The van der Waals surface area contributed by atoms with Gasteiger partial charge in [0.2, 0.25) is 11.6 Å². The second-order valence-electron chi connectivity index (χ2n) is 8.18. The van der Waals surface area contributed by atoms with Crippen molar-refractivity contribution in [2.24, 2.45) is 5.92 Å². The fourth-order valence-corrected chi connectivity index (χ4v) is 4.36. The first-order valence-corrected chi connectivity index (χ1v) is 10.2. The highest BCUT2D eigenvalue weighted by atomic mass is 16.3. The van der Waals surface area contributed by atoms with Crippen molar-refractivity contribution in [3.8, 4) is 0 Å². The zero-order valence-electron chi connectivity index (χ0n) is 17.8. The summed E-state index contributed by atoms with van der Waals surface area (Å²) in [6.45, 7) is 11.8. The van der Waals surface area contributed by atoms with Gasteiger partial charge >= 0.3 is 0 Å². The number of carbonyl (C=O) groups is 1. The van der Waals surface area contributed by atoms with Crippen molar-refractivity contribution in [2.75, 3.05) is 23.3 Å². The third-order valence-corrected chi connectivity index (χ3v) is 6.04. The van der Waals surface area contributed by atoms with Crippen LogP contribution in [0.3, 0.4) is 0 Å². The van der Waals surface area contributed by atoms with Gasteiger partial charge in [-0.1, -0.05) is 17.7 Å². The zero-order chi connectivity index (χ0) is 20.7. The molecule has 4 rings (SSSR count). The van der Waals surface area contributed by atoms with Crippen LogP contribution in [0.1, 0.15) is 40.9 Å². The molecule has 3 aromatic rings. The number of hydrogen-bond donors (Lipinski definition) is 1. The molecule has 3 heterocycles. The Labute approximate surface area is 171 Å². The Morgan fingerprint density at radius 2 is 1.72 bits per heavy atom. The maximum absolute atomic E-state index is 12.9. The van der Waals surface area contributed by atoms with Crippen molar-refractivity contribution >= 4 is 28.5 Å². The van der Waals surface area contributed by atoms with Crippen LogP contribution in [-0.2, 0) is 4.79 Å². The van der Waals surface area contributed by atoms with Crippen LogP contribution in [0.2, 0.25) is 0 Å². The number of nitrogens with zero attached hydrogens (tertiary/aromatic N) is 3. The van der Waals surface area contributed by atoms with Gasteiger partial charge in [-0.25, -0.2) is 9.97 Å². The van der Waals surface area contributed by atoms with Crippen LogP contribution in [0, 0.1) is 40.5 Å². The number of rotatable bonds is 3. The number of carbonyl (C=O) groups excluding carboxylic acids is 1. The van der Waals surface area contributed by atoms with Crippen LogP contribution < -0.4 is 10.2 Å². The van der Waals surface area contributed by atoms with Gasteiger partial charge in [0.05, 0.1) is 5.39 Å². The number of aromatic nitrogens is 2. The lowest BCUT2D eigenvalue weighted by Gasteiger charge is -2.32. The monoisotopic (exact) mass is 392 g/mol. The summed E-state index contributed by atoms with van der Waals surface area (Å²) in [5, 5.41) is 4.16. The summed E-state index contributed by atoms with van der Waals surface area (Å²) in [6.07, 6.45) is 3.16. The van der Waals surface area contributed by atoms with E-state index >= 15 is 0 Å². The van der Waals surface area contributed by atoms with E-state index in [-0.39, 0.29) is 11.8 Å². The Kier molecular flexibility index (Phi) is 5.03. The molecule has 29 heavy (non-hydrogen) atoms. The number of amides is 1. The van der Waals surface area contributed by atoms with Gasteiger partial charge in [0, 0.05) is 30.3 Å². The van der Waals surface area contributed by atoms with E-state index in [2.05, 4.69) is 39.2 Å². The van der Waals surface area contributed by atoms with Crippen molar-refractivity contribution in [3.63, 3.8) is 0 Å². The minimum atomic E-state index is 0.0101. The quantitative estimate of drug-likeness (QED) is 0.704. The molecule has 0 bridgehead atoms. The van der Waals surface area contributed by atoms with Crippen LogP contribution >= 0.6 is 0 Å². The van der Waals surface area contributed by atoms with E-state index in [1.165, 1.54) is 5.56 Å². The molecule has 0 saturated carbocycles. The summed E-state index contributed by atoms with van der Waals surface area (Å²) >= 11 is 0. The van der Waals surface area contributed by atoms with E-state index in [1.54, 1.807) is 6.33 Å². The summed E-state index contributed by atoms with van der Waals surface area (Å²) in [4.78, 5) is 23.9. The van der Waals surface area contributed by atoms with Crippen LogP contribution in [0.5, 0.6) is 0 Å². The number of benzene rings is 1. The van der Waals surface area contributed by atoms with Gasteiger partial charge in [-0.2, -0.15) is 0 Å². The summed E-state index contributed by atoms with van der Waals surface area (Å²) < 4.78 is 5.74. The van der Waals surface area contributed by atoms with E-state index in [1.807, 2.05) is 27.7 Å². The smallest absolute Gasteiger partial charge is 0.231 e. The highest BCUT2D eigenvalue weighted by Crippen LogP contribution is 2.33. The standard InChI is InChI=1S/C23H28N4O2/c1-13-10-14(2)20(15(3)11-13)26-22(28)18-6-8-27(9-7-18)21-19-16(4)17(5)29-23(19)25-12-24-21/h10-12,18H,6-9H2,1-5H3,(H,26,28). The van der Waals surface area contributed by atoms with Gasteiger partial charge in [0.1, 0.15) is 17.9 Å². The third kappa shape index (κ3) is 3.59. The largest absolute Gasteiger partial charge is 0.443 e. The van der Waals surface area contributed by atoms with Gasteiger partial charge in [-0.05, 0) is 58.6 Å². The second-order valence-corrected chi connectivity index (χ2v) is 8.18. The molecule has 6 heteroatoms. The maximum atomic E-state index is 12.9. The number of nitrogens with one attached hydrogen (secondary N) is 1. The molecule has 1 aromatic carbocycles. The van der Waals surface area contributed by atoms with Gasteiger partial charge in [-0.3, -0.25) is 4.79 Å². The van der Waals surface area contributed by atoms with E-state index in [9.17, 15) is 4.79 Å². The van der Waals surface area contributed by atoms with Gasteiger partial charge in [0.15, 0.2) is 0 Å². The first-order valence-electron chi connectivity index (χ1n) is 10.2. The summed E-state index contributed by atoms with van der Waals surface area (Å²) in [6, 6.07) is 4.22. The van der Waals surface area contributed by atoms with Crippen molar-refractivity contribution < 1.29 is 9.21 Å². The van der Waals surface area contributed by atoms with E-state index in [0.29, 0.717) is 5.71 Å². The lowest BCUT2D eigenvalue weighted by atomic mass is 9.95. The minimum absolute atomic E-state index is 0.0101. The Hall–Kier alpha value is -2.89. The summed E-state index contributed by atoms with van der Waals surface area (Å²) in [5.41, 5.74) is 6.11. The Balaban J connectivity index is 1.47. The fraction of sp³-hybridized carbons (Fsp3) is 0.435. The number of fused-ring (bicyclic) bond motifs is 1. The van der Waals surface area contributed by atoms with Gasteiger partial charge < -0.3 is 14.6 Å². The maximum Gasteiger partial charge on any atom is 0.231 e. The normalized spacial score (nSPS) is 15.1. The molecule has 1 aliphatic heterocycles. The second kappa shape index (κ2) is 7.50. The molecule has 0 unspecified atom stereocenters. The first kappa shape index (κ1) is 19.4. The molecular weight excluding hydrogens is 364 g/mol. The van der Waals surface area contributed by atoms with Gasteiger partial charge in [0.25, 0.3) is 0 Å². The van der Waals surface area contributed by atoms with Crippen LogP contribution in [-0.4, -0.2) is 29.0 Å². The number of piperidine rings is 1. The topological polar surface area (TPSA) is 71.3 Å². The average Bonchev–Trinajstić information content (AvgIpc) is 2.98. The molecule has 1 N–H and O–H groups in total. The van der Waals surface area contributed by atoms with E-state index < -0.39 is 0 Å². The molecule has 1 fully saturated rings. The molecule has 152 valence electrons. The summed E-state index contributed by atoms with van der Waals surface area (Å²) in [5.74, 6) is 1.91.